The number of carbonyl (C=O) groups is 1. The van der Waals surface area contributed by atoms with Gasteiger partial charge in [0.15, 0.2) is 5.65 Å². The number of rotatable bonds is 3. The van der Waals surface area contributed by atoms with Crippen LogP contribution in [0.15, 0.2) is 23.1 Å². The van der Waals surface area contributed by atoms with Crippen LogP contribution in [0.25, 0.3) is 11.2 Å². The molecular weight excluding hydrogens is 222 g/mol. The summed E-state index contributed by atoms with van der Waals surface area (Å²) in [6, 6.07) is 3.47. The van der Waals surface area contributed by atoms with Crippen LogP contribution in [0.2, 0.25) is 0 Å². The van der Waals surface area contributed by atoms with Crippen molar-refractivity contribution < 1.29 is 9.90 Å². The Morgan fingerprint density at radius 2 is 2.29 bits per heavy atom. The number of aromatic nitrogens is 3. The van der Waals surface area contributed by atoms with Crippen LogP contribution in [0.4, 0.5) is 0 Å². The van der Waals surface area contributed by atoms with Crippen LogP contribution >= 0.6 is 0 Å². The Hall–Kier alpha value is -2.24. The van der Waals surface area contributed by atoms with E-state index >= 15 is 0 Å². The third kappa shape index (κ3) is 2.15. The zero-order valence-corrected chi connectivity index (χ0v) is 9.25. The number of hydrogen-bond donors (Lipinski definition) is 1. The van der Waals surface area contributed by atoms with E-state index in [0.717, 1.165) is 0 Å². The lowest BCUT2D eigenvalue weighted by Gasteiger charge is -2.08. The molecule has 0 atom stereocenters. The number of fused-ring (bicyclic) bond motifs is 1. The fourth-order valence-corrected chi connectivity index (χ4v) is 1.62. The van der Waals surface area contributed by atoms with Gasteiger partial charge in [0.25, 0.3) is 5.56 Å². The average molecular weight is 233 g/mol. The second-order valence-electron chi connectivity index (χ2n) is 3.64. The monoisotopic (exact) mass is 233 g/mol. The lowest BCUT2D eigenvalue weighted by molar-refractivity contribution is -0.137. The standard InChI is InChI=1S/C11H11N3O3/c1-7-11(17)14(6-4-9(15)16)10-8(13-7)3-2-5-12-10/h2-3,5H,4,6H2,1H3,(H,15,16). The highest BCUT2D eigenvalue weighted by atomic mass is 16.4. The van der Waals surface area contributed by atoms with Gasteiger partial charge in [-0.05, 0) is 19.1 Å². The van der Waals surface area contributed by atoms with E-state index in [-0.39, 0.29) is 18.5 Å². The van der Waals surface area contributed by atoms with Gasteiger partial charge in [-0.15, -0.1) is 0 Å². The van der Waals surface area contributed by atoms with Gasteiger partial charge in [-0.1, -0.05) is 0 Å². The number of pyridine rings is 1. The predicted octanol–water partition coefficient (Wildman–Crippen LogP) is 0.575. The number of nitrogens with zero attached hydrogens (tertiary/aromatic N) is 3. The van der Waals surface area contributed by atoms with Gasteiger partial charge in [0.05, 0.1) is 6.42 Å². The first kappa shape index (κ1) is 11.3. The summed E-state index contributed by atoms with van der Waals surface area (Å²) >= 11 is 0. The fourth-order valence-electron chi connectivity index (χ4n) is 1.62. The van der Waals surface area contributed by atoms with E-state index in [4.69, 9.17) is 5.11 Å². The zero-order chi connectivity index (χ0) is 12.4. The highest BCUT2D eigenvalue weighted by molar-refractivity contribution is 5.70. The van der Waals surface area contributed by atoms with Crippen LogP contribution < -0.4 is 5.56 Å². The van der Waals surface area contributed by atoms with Crippen molar-refractivity contribution in [2.45, 2.75) is 19.9 Å². The first-order valence-corrected chi connectivity index (χ1v) is 5.13. The minimum absolute atomic E-state index is 0.102. The van der Waals surface area contributed by atoms with E-state index in [9.17, 15) is 9.59 Å². The highest BCUT2D eigenvalue weighted by Gasteiger charge is 2.09. The van der Waals surface area contributed by atoms with Gasteiger partial charge in [0, 0.05) is 12.7 Å². The smallest absolute Gasteiger partial charge is 0.305 e. The topological polar surface area (TPSA) is 85.1 Å². The van der Waals surface area contributed by atoms with Crippen LogP contribution in [0.1, 0.15) is 12.1 Å². The average Bonchev–Trinajstić information content (AvgIpc) is 2.29. The molecule has 6 nitrogen and oxygen atoms in total. The van der Waals surface area contributed by atoms with Crippen molar-refractivity contribution in [2.24, 2.45) is 0 Å². The molecule has 0 radical (unpaired) electrons. The van der Waals surface area contributed by atoms with Gasteiger partial charge in [-0.3, -0.25) is 14.2 Å². The first-order valence-electron chi connectivity index (χ1n) is 5.13. The lowest BCUT2D eigenvalue weighted by Crippen LogP contribution is -2.25. The van der Waals surface area contributed by atoms with E-state index in [1.807, 2.05) is 0 Å². The maximum Gasteiger partial charge on any atom is 0.305 e. The molecule has 0 aromatic carbocycles. The Morgan fingerprint density at radius 3 is 3.00 bits per heavy atom. The van der Waals surface area contributed by atoms with Crippen molar-refractivity contribution in [3.8, 4) is 0 Å². The molecule has 0 spiro atoms. The van der Waals surface area contributed by atoms with Crippen LogP contribution in [0.3, 0.4) is 0 Å². The molecule has 0 bridgehead atoms. The summed E-state index contributed by atoms with van der Waals surface area (Å²) in [5.41, 5.74) is 1.06. The van der Waals surface area contributed by atoms with Crippen molar-refractivity contribution in [1.82, 2.24) is 14.5 Å². The molecule has 0 unspecified atom stereocenters. The molecule has 88 valence electrons. The maximum atomic E-state index is 11.9. The van der Waals surface area contributed by atoms with E-state index in [1.165, 1.54) is 4.57 Å². The molecule has 2 heterocycles. The Bertz CT molecular complexity index is 633. The van der Waals surface area contributed by atoms with Gasteiger partial charge in [-0.25, -0.2) is 9.97 Å². The lowest BCUT2D eigenvalue weighted by atomic mass is 10.3. The molecule has 2 aromatic rings. The van der Waals surface area contributed by atoms with Gasteiger partial charge in [-0.2, -0.15) is 0 Å². The summed E-state index contributed by atoms with van der Waals surface area (Å²) in [7, 11) is 0. The summed E-state index contributed by atoms with van der Waals surface area (Å²) in [6.45, 7) is 1.71. The summed E-state index contributed by atoms with van der Waals surface area (Å²) in [6.07, 6.45) is 1.44. The molecule has 1 N–H and O–H groups in total. The quantitative estimate of drug-likeness (QED) is 0.837. The highest BCUT2D eigenvalue weighted by Crippen LogP contribution is 2.06. The third-order valence-electron chi connectivity index (χ3n) is 2.41. The summed E-state index contributed by atoms with van der Waals surface area (Å²) in [5.74, 6) is -0.949. The molecule has 17 heavy (non-hydrogen) atoms. The van der Waals surface area contributed by atoms with Crippen molar-refractivity contribution in [2.75, 3.05) is 0 Å². The van der Waals surface area contributed by atoms with Crippen molar-refractivity contribution in [1.29, 1.82) is 0 Å². The van der Waals surface area contributed by atoms with Crippen LogP contribution in [0, 0.1) is 6.92 Å². The Morgan fingerprint density at radius 1 is 1.53 bits per heavy atom. The van der Waals surface area contributed by atoms with Crippen molar-refractivity contribution in [3.63, 3.8) is 0 Å². The zero-order valence-electron chi connectivity index (χ0n) is 9.25. The molecule has 0 aliphatic heterocycles. The molecule has 0 saturated carbocycles. The summed E-state index contributed by atoms with van der Waals surface area (Å²) < 4.78 is 1.35. The predicted molar refractivity (Wildman–Crippen MR) is 60.8 cm³/mol. The SMILES string of the molecule is Cc1nc2cccnc2n(CCC(=O)O)c1=O. The molecule has 0 fully saturated rings. The van der Waals surface area contributed by atoms with Gasteiger partial charge in [0.2, 0.25) is 0 Å². The molecule has 2 rings (SSSR count). The molecule has 0 saturated heterocycles. The van der Waals surface area contributed by atoms with Gasteiger partial charge < -0.3 is 5.11 Å². The second kappa shape index (κ2) is 4.32. The first-order chi connectivity index (χ1) is 8.09. The number of carboxylic acids is 1. The minimum atomic E-state index is -0.949. The van der Waals surface area contributed by atoms with E-state index in [0.29, 0.717) is 16.9 Å². The normalized spacial score (nSPS) is 10.6. The molecular formula is C11H11N3O3. The molecule has 0 aliphatic rings. The van der Waals surface area contributed by atoms with Crippen LogP contribution in [-0.2, 0) is 11.3 Å². The van der Waals surface area contributed by atoms with Crippen molar-refractivity contribution >= 4 is 17.1 Å². The van der Waals surface area contributed by atoms with Gasteiger partial charge >= 0.3 is 5.97 Å². The third-order valence-corrected chi connectivity index (χ3v) is 2.41. The molecule has 0 amide bonds. The van der Waals surface area contributed by atoms with Crippen molar-refractivity contribution in [3.05, 3.63) is 34.4 Å². The Balaban J connectivity index is 2.61. The fraction of sp³-hybridized carbons (Fsp3) is 0.273. The largest absolute Gasteiger partial charge is 0.481 e. The maximum absolute atomic E-state index is 11.9. The Labute approximate surface area is 96.6 Å². The molecule has 0 aliphatic carbocycles. The van der Waals surface area contributed by atoms with Gasteiger partial charge in [0.1, 0.15) is 11.2 Å². The summed E-state index contributed by atoms with van der Waals surface area (Å²) in [4.78, 5) is 30.6. The van der Waals surface area contributed by atoms with E-state index in [1.54, 1.807) is 25.3 Å². The van der Waals surface area contributed by atoms with Crippen LogP contribution in [0.5, 0.6) is 0 Å². The molecule has 2 aromatic heterocycles. The number of carboxylic acid groups (broad SMARTS) is 1. The van der Waals surface area contributed by atoms with E-state index < -0.39 is 5.97 Å². The number of aryl methyl sites for hydroxylation is 2. The number of aliphatic carboxylic acids is 1. The van der Waals surface area contributed by atoms with Crippen LogP contribution in [-0.4, -0.2) is 25.6 Å². The van der Waals surface area contributed by atoms with E-state index in [2.05, 4.69) is 9.97 Å². The summed E-state index contributed by atoms with van der Waals surface area (Å²) in [5, 5.41) is 8.66. The molecule has 6 heteroatoms. The minimum Gasteiger partial charge on any atom is -0.481 e. The Kier molecular flexibility index (Phi) is 2.86. The second-order valence-corrected chi connectivity index (χ2v) is 3.64. The number of hydrogen-bond acceptors (Lipinski definition) is 4.